The zero-order chi connectivity index (χ0) is 44.4. The minimum atomic E-state index is -1.95. The average molecular weight is 836 g/mol. The smallest absolute Gasteiger partial charge is 0.331 e. The average Bonchev–Trinajstić information content (AvgIpc) is 3.56. The number of hydrogen-bond acceptors (Lipinski definition) is 14. The van der Waals surface area contributed by atoms with Crippen molar-refractivity contribution in [2.75, 3.05) is 7.05 Å². The van der Waals surface area contributed by atoms with Crippen LogP contribution in [0.4, 0.5) is 4.79 Å². The fraction of sp³-hybridized carbons (Fsp3) is 0.385. The second-order valence-corrected chi connectivity index (χ2v) is 14.4. The molecule has 2 aromatic carbocycles. The van der Waals surface area contributed by atoms with Crippen molar-refractivity contribution in [2.45, 2.75) is 88.1 Å². The van der Waals surface area contributed by atoms with E-state index in [1.807, 2.05) is 4.98 Å². The number of likely N-dealkylation sites (N-methyl/N-ethyl adjacent to an activating group) is 1. The molecule has 0 radical (unpaired) electrons. The van der Waals surface area contributed by atoms with Crippen LogP contribution in [0.5, 0.6) is 5.75 Å². The number of ether oxygens (including phenoxy) is 1. The summed E-state index contributed by atoms with van der Waals surface area (Å²) in [5.74, 6) is -5.42. The molecule has 12 N–H and O–H groups in total. The number of aliphatic hydroxyl groups is 1. The summed E-state index contributed by atoms with van der Waals surface area (Å²) in [7, 11) is 1.20. The number of rotatable bonds is 17. The number of nitrogens with zero attached hydrogens (tertiary/aromatic N) is 3. The Bertz CT molecular complexity index is 2210. The predicted molar refractivity (Wildman–Crippen MR) is 212 cm³/mol. The molecule has 0 saturated carbocycles. The molecule has 3 aromatic rings. The molecular formula is C39H49N9O12. The maximum atomic E-state index is 14.5. The molecule has 2 heterocycles. The molecule has 0 bridgehead atoms. The zero-order valence-corrected chi connectivity index (χ0v) is 33.0. The van der Waals surface area contributed by atoms with Gasteiger partial charge in [-0.3, -0.25) is 33.5 Å². The molecule has 1 aromatic heterocycles. The van der Waals surface area contributed by atoms with Crippen LogP contribution in [0.25, 0.3) is 0 Å². The number of carbonyl (C=O) groups excluding carboxylic acids is 5. The number of H-pyrrole nitrogens is 1. The van der Waals surface area contributed by atoms with E-state index >= 15 is 0 Å². The van der Waals surface area contributed by atoms with Gasteiger partial charge in [0.2, 0.25) is 18.0 Å². The van der Waals surface area contributed by atoms with Gasteiger partial charge >= 0.3 is 17.7 Å². The van der Waals surface area contributed by atoms with Gasteiger partial charge in [-0.1, -0.05) is 42.5 Å². The molecular weight excluding hydrogens is 786 g/mol. The van der Waals surface area contributed by atoms with Gasteiger partial charge in [-0.25, -0.2) is 19.3 Å². The molecule has 1 aliphatic heterocycles. The van der Waals surface area contributed by atoms with Crippen molar-refractivity contribution >= 4 is 35.5 Å². The molecule has 1 saturated heterocycles. The fourth-order valence-corrected chi connectivity index (χ4v) is 6.23. The molecule has 322 valence electrons. The van der Waals surface area contributed by atoms with Crippen molar-refractivity contribution in [3.8, 4) is 5.75 Å². The number of phenolic OH excluding ortho intramolecular Hbond substituents is 1. The highest BCUT2D eigenvalue weighted by Crippen LogP contribution is 2.31. The molecule has 1 aliphatic rings. The fourth-order valence-electron chi connectivity index (χ4n) is 6.23. The number of nitrogens with one attached hydrogen (secondary N) is 3. The van der Waals surface area contributed by atoms with Gasteiger partial charge in [0.25, 0.3) is 11.5 Å². The number of nitrogens with two attached hydrogens (primary N) is 3. The topological polar surface area (TPSA) is 336 Å². The Morgan fingerprint density at radius 1 is 0.917 bits per heavy atom. The van der Waals surface area contributed by atoms with Gasteiger partial charge < -0.3 is 52.8 Å². The van der Waals surface area contributed by atoms with Crippen molar-refractivity contribution in [1.29, 1.82) is 0 Å². The van der Waals surface area contributed by atoms with Crippen molar-refractivity contribution in [1.82, 2.24) is 30.0 Å². The number of aromatic nitrogens is 2. The molecule has 8 atom stereocenters. The summed E-state index contributed by atoms with van der Waals surface area (Å²) in [5, 5.41) is 35.8. The van der Waals surface area contributed by atoms with Crippen LogP contribution in [0, 0.1) is 0 Å². The second kappa shape index (κ2) is 20.3. The molecule has 21 nitrogen and oxygen atoms in total. The number of urea groups is 1. The minimum Gasteiger partial charge on any atom is -0.508 e. The third-order valence-corrected chi connectivity index (χ3v) is 9.59. The van der Waals surface area contributed by atoms with Gasteiger partial charge in [0, 0.05) is 45.0 Å². The Morgan fingerprint density at radius 3 is 2.17 bits per heavy atom. The minimum absolute atomic E-state index is 0.129. The number of carboxylic acids is 1. The quantitative estimate of drug-likeness (QED) is 0.0720. The molecule has 0 aliphatic carbocycles. The Labute approximate surface area is 342 Å². The standard InChI is InChI=1S/C39H49N9O12/c1-20(40)29(50)18-28(46(3)34(54)26(43-33(53)21(2)41)16-23-10-7-11-24(49)14-23)32(42)35(55)48(38(58)44-27(37(56)57)15-22-8-5-4-6-9-22)19-25-17-30(51)36(60-25)47-13-12-31(52)45-39(47)59/h4-14,19-21,26-28,30,32,36,49,51H,15-18,40-42H2,1-3H3,(H,43,53)(H,44,58)(H,56,57)(H,45,52,59). The highest BCUT2D eigenvalue weighted by Gasteiger charge is 2.41. The summed E-state index contributed by atoms with van der Waals surface area (Å²) >= 11 is 0. The van der Waals surface area contributed by atoms with Gasteiger partial charge in [0.15, 0.2) is 5.78 Å². The number of aliphatic hydroxyl groups excluding tert-OH is 1. The third-order valence-electron chi connectivity index (χ3n) is 9.59. The highest BCUT2D eigenvalue weighted by molar-refractivity contribution is 6.00. The number of phenols is 1. The van der Waals surface area contributed by atoms with Crippen LogP contribution >= 0.6 is 0 Å². The lowest BCUT2D eigenvalue weighted by atomic mass is 9.96. The van der Waals surface area contributed by atoms with Crippen molar-refractivity contribution in [2.24, 2.45) is 17.2 Å². The maximum Gasteiger partial charge on any atom is 0.331 e. The van der Waals surface area contributed by atoms with E-state index in [1.165, 1.54) is 39.1 Å². The zero-order valence-electron chi connectivity index (χ0n) is 33.0. The summed E-state index contributed by atoms with van der Waals surface area (Å²) in [5.41, 5.74) is 17.5. The Hall–Kier alpha value is -6.68. The van der Waals surface area contributed by atoms with Crippen LogP contribution in [0.1, 0.15) is 44.0 Å². The molecule has 1 fully saturated rings. The first kappa shape index (κ1) is 46.0. The van der Waals surface area contributed by atoms with E-state index in [-0.39, 0.29) is 24.4 Å². The van der Waals surface area contributed by atoms with E-state index in [0.717, 1.165) is 27.9 Å². The van der Waals surface area contributed by atoms with E-state index < -0.39 is 108 Å². The number of aromatic amines is 1. The van der Waals surface area contributed by atoms with Crippen LogP contribution in [0.2, 0.25) is 0 Å². The monoisotopic (exact) mass is 835 g/mol. The molecule has 5 amide bonds. The molecule has 21 heteroatoms. The number of amides is 5. The normalized spacial score (nSPS) is 18.5. The number of aromatic hydroxyl groups is 1. The summed E-state index contributed by atoms with van der Waals surface area (Å²) < 4.78 is 6.61. The molecule has 4 rings (SSSR count). The molecule has 0 spiro atoms. The van der Waals surface area contributed by atoms with Crippen LogP contribution in [0.15, 0.2) is 88.4 Å². The van der Waals surface area contributed by atoms with Crippen LogP contribution in [-0.2, 0) is 41.6 Å². The first-order chi connectivity index (χ1) is 28.3. The SMILES string of the molecule is CC(N)C(=O)CC(C(N)C(=O)N(C=C1CC(O)C(n2ccc(=O)[nH]c2=O)O1)C(=O)NC(Cc1ccccc1)C(=O)O)N(C)C(=O)C(Cc1cccc(O)c1)NC(=O)C(C)N. The van der Waals surface area contributed by atoms with Crippen molar-refractivity contribution in [3.05, 3.63) is 111 Å². The third kappa shape index (κ3) is 11.9. The van der Waals surface area contributed by atoms with Gasteiger partial charge in [0.1, 0.15) is 35.7 Å². The Kier molecular flexibility index (Phi) is 15.6. The number of Topliss-reactive ketones (excluding diaryl/α,β-unsaturated/α-hetero) is 1. The van der Waals surface area contributed by atoms with Crippen LogP contribution < -0.4 is 39.1 Å². The van der Waals surface area contributed by atoms with Crippen LogP contribution in [-0.4, -0.2) is 120 Å². The highest BCUT2D eigenvalue weighted by atomic mass is 16.5. The summed E-state index contributed by atoms with van der Waals surface area (Å²) in [4.78, 5) is 109. The molecule has 60 heavy (non-hydrogen) atoms. The lowest BCUT2D eigenvalue weighted by Gasteiger charge is -2.36. The lowest BCUT2D eigenvalue weighted by molar-refractivity contribution is -0.141. The van der Waals surface area contributed by atoms with Crippen LogP contribution in [0.3, 0.4) is 0 Å². The van der Waals surface area contributed by atoms with E-state index in [0.29, 0.717) is 16.0 Å². The van der Waals surface area contributed by atoms with E-state index in [4.69, 9.17) is 21.9 Å². The predicted octanol–water partition coefficient (Wildman–Crippen LogP) is -1.87. The first-order valence-electron chi connectivity index (χ1n) is 18.7. The second-order valence-electron chi connectivity index (χ2n) is 14.4. The number of aliphatic carboxylic acids is 1. The summed E-state index contributed by atoms with van der Waals surface area (Å²) in [6.45, 7) is 2.74. The van der Waals surface area contributed by atoms with Crippen molar-refractivity contribution in [3.63, 3.8) is 0 Å². The molecule has 8 unspecified atom stereocenters. The number of carboxylic acid groups (broad SMARTS) is 1. The van der Waals surface area contributed by atoms with E-state index in [2.05, 4.69) is 10.6 Å². The number of benzene rings is 2. The van der Waals surface area contributed by atoms with Gasteiger partial charge in [-0.05, 0) is 37.1 Å². The lowest BCUT2D eigenvalue weighted by Crippen LogP contribution is -2.62. The van der Waals surface area contributed by atoms with Gasteiger partial charge in [-0.15, -0.1) is 0 Å². The largest absolute Gasteiger partial charge is 0.508 e. The number of hydrogen-bond donors (Lipinski definition) is 9. The Balaban J connectivity index is 1.76. The van der Waals surface area contributed by atoms with E-state index in [1.54, 1.807) is 36.4 Å². The van der Waals surface area contributed by atoms with E-state index in [9.17, 15) is 53.7 Å². The number of carbonyl (C=O) groups is 6. The first-order valence-corrected chi connectivity index (χ1v) is 18.7. The van der Waals surface area contributed by atoms with Gasteiger partial charge in [0.05, 0.1) is 24.3 Å². The number of ketones is 1. The maximum absolute atomic E-state index is 14.5. The van der Waals surface area contributed by atoms with Crippen molar-refractivity contribution < 1.29 is 48.8 Å². The number of imide groups is 1. The summed E-state index contributed by atoms with van der Waals surface area (Å²) in [6.07, 6.45) is -2.50. The summed E-state index contributed by atoms with van der Waals surface area (Å²) in [6, 6.07) is 5.05. The van der Waals surface area contributed by atoms with Gasteiger partial charge in [-0.2, -0.15) is 0 Å². The Morgan fingerprint density at radius 2 is 1.57 bits per heavy atom.